The van der Waals surface area contributed by atoms with Gasteiger partial charge in [0.1, 0.15) is 5.75 Å². The summed E-state index contributed by atoms with van der Waals surface area (Å²) in [6.07, 6.45) is 3.50. The SMILES string of the molecule is O=C(CCc1cc2n(n1)CCN(C(=O)[C@H]1Cc3ccccc3O1)C2)NC1CC1. The summed E-state index contributed by atoms with van der Waals surface area (Å²) in [5.74, 6) is 0.951. The molecule has 2 aliphatic heterocycles. The van der Waals surface area contributed by atoms with Crippen LogP contribution >= 0.6 is 0 Å². The standard InChI is InChI=1S/C21H24N4O3/c26-20(22-15-5-6-15)8-7-16-12-17-13-24(9-10-25(17)23-16)21(27)19-11-14-3-1-2-4-18(14)28-19/h1-4,12,15,19H,5-11,13H2,(H,22,26)/t19-/m1/s1. The second-order valence-corrected chi connectivity index (χ2v) is 7.87. The van der Waals surface area contributed by atoms with E-state index in [1.807, 2.05) is 39.9 Å². The second kappa shape index (κ2) is 6.96. The number of aryl methyl sites for hydroxylation is 1. The van der Waals surface area contributed by atoms with E-state index in [0.29, 0.717) is 44.9 Å². The van der Waals surface area contributed by atoms with Crippen LogP contribution in [0.4, 0.5) is 0 Å². The Labute approximate surface area is 163 Å². The van der Waals surface area contributed by atoms with Crippen LogP contribution in [0.15, 0.2) is 30.3 Å². The number of carbonyl (C=O) groups is 2. The lowest BCUT2D eigenvalue weighted by Gasteiger charge is -2.29. The Bertz CT molecular complexity index is 893. The van der Waals surface area contributed by atoms with E-state index < -0.39 is 6.10 Å². The molecule has 2 aromatic rings. The summed E-state index contributed by atoms with van der Waals surface area (Å²) in [5.41, 5.74) is 3.03. The molecular formula is C21H24N4O3. The first-order valence-electron chi connectivity index (χ1n) is 10.0. The number of rotatable bonds is 5. The zero-order valence-corrected chi connectivity index (χ0v) is 15.8. The monoisotopic (exact) mass is 380 g/mol. The number of fused-ring (bicyclic) bond motifs is 2. The van der Waals surface area contributed by atoms with E-state index in [4.69, 9.17) is 4.74 Å². The molecule has 3 heterocycles. The summed E-state index contributed by atoms with van der Waals surface area (Å²) in [5, 5.41) is 7.62. The lowest BCUT2D eigenvalue weighted by molar-refractivity contribution is -0.139. The van der Waals surface area contributed by atoms with Crippen LogP contribution in [-0.2, 0) is 35.5 Å². The van der Waals surface area contributed by atoms with Gasteiger partial charge in [0, 0.05) is 31.8 Å². The zero-order chi connectivity index (χ0) is 19.1. The molecule has 1 saturated carbocycles. The van der Waals surface area contributed by atoms with E-state index in [2.05, 4.69) is 10.4 Å². The quantitative estimate of drug-likeness (QED) is 0.852. The van der Waals surface area contributed by atoms with Crippen LogP contribution in [0.2, 0.25) is 0 Å². The molecule has 7 nitrogen and oxygen atoms in total. The number of benzene rings is 1. The van der Waals surface area contributed by atoms with Gasteiger partial charge < -0.3 is 15.0 Å². The molecule has 0 bridgehead atoms. The molecule has 1 aliphatic carbocycles. The van der Waals surface area contributed by atoms with E-state index in [0.717, 1.165) is 35.5 Å². The summed E-state index contributed by atoms with van der Waals surface area (Å²) in [6, 6.07) is 10.2. The molecule has 0 unspecified atom stereocenters. The maximum Gasteiger partial charge on any atom is 0.264 e. The first-order valence-corrected chi connectivity index (χ1v) is 10.0. The number of hydrogen-bond donors (Lipinski definition) is 1. The van der Waals surface area contributed by atoms with Gasteiger partial charge in [0.05, 0.1) is 24.5 Å². The Morgan fingerprint density at radius 2 is 2.07 bits per heavy atom. The normalized spacial score (nSPS) is 20.3. The van der Waals surface area contributed by atoms with Gasteiger partial charge in [0.15, 0.2) is 6.10 Å². The molecule has 1 fully saturated rings. The molecule has 28 heavy (non-hydrogen) atoms. The van der Waals surface area contributed by atoms with Gasteiger partial charge in [-0.15, -0.1) is 0 Å². The smallest absolute Gasteiger partial charge is 0.264 e. The third kappa shape index (κ3) is 3.48. The number of aromatic nitrogens is 2. The molecule has 2 amide bonds. The summed E-state index contributed by atoms with van der Waals surface area (Å²) in [6.45, 7) is 1.84. The van der Waals surface area contributed by atoms with E-state index in [1.54, 1.807) is 0 Å². The van der Waals surface area contributed by atoms with Crippen molar-refractivity contribution in [2.75, 3.05) is 6.54 Å². The van der Waals surface area contributed by atoms with E-state index in [-0.39, 0.29) is 11.8 Å². The highest BCUT2D eigenvalue weighted by Crippen LogP contribution is 2.29. The Morgan fingerprint density at radius 1 is 1.21 bits per heavy atom. The molecule has 5 rings (SSSR count). The van der Waals surface area contributed by atoms with Crippen molar-refractivity contribution in [3.05, 3.63) is 47.3 Å². The second-order valence-electron chi connectivity index (χ2n) is 7.87. The zero-order valence-electron chi connectivity index (χ0n) is 15.8. The highest BCUT2D eigenvalue weighted by molar-refractivity contribution is 5.82. The summed E-state index contributed by atoms with van der Waals surface area (Å²) < 4.78 is 7.82. The molecule has 3 aliphatic rings. The molecule has 1 atom stereocenters. The molecule has 146 valence electrons. The predicted molar refractivity (Wildman–Crippen MR) is 102 cm³/mol. The van der Waals surface area contributed by atoms with E-state index in [9.17, 15) is 9.59 Å². The first kappa shape index (κ1) is 17.3. The maximum atomic E-state index is 12.9. The minimum atomic E-state index is -0.433. The molecule has 0 spiro atoms. The summed E-state index contributed by atoms with van der Waals surface area (Å²) in [7, 11) is 0. The topological polar surface area (TPSA) is 76.5 Å². The van der Waals surface area contributed by atoms with Gasteiger partial charge in [-0.3, -0.25) is 14.3 Å². The van der Waals surface area contributed by atoms with Crippen LogP contribution in [0.3, 0.4) is 0 Å². The average Bonchev–Trinajstić information content (AvgIpc) is 3.26. The van der Waals surface area contributed by atoms with Gasteiger partial charge in [-0.2, -0.15) is 5.10 Å². The number of ether oxygens (including phenoxy) is 1. The summed E-state index contributed by atoms with van der Waals surface area (Å²) in [4.78, 5) is 26.7. The fraction of sp³-hybridized carbons (Fsp3) is 0.476. The third-order valence-corrected chi connectivity index (χ3v) is 5.63. The number of carbonyl (C=O) groups excluding carboxylic acids is 2. The number of para-hydroxylation sites is 1. The van der Waals surface area contributed by atoms with Crippen LogP contribution in [0, 0.1) is 0 Å². The van der Waals surface area contributed by atoms with Crippen LogP contribution in [0.1, 0.15) is 36.2 Å². The van der Waals surface area contributed by atoms with Crippen molar-refractivity contribution in [3.8, 4) is 5.75 Å². The van der Waals surface area contributed by atoms with Crippen molar-refractivity contribution in [1.29, 1.82) is 0 Å². The van der Waals surface area contributed by atoms with Gasteiger partial charge in [0.2, 0.25) is 5.91 Å². The fourth-order valence-electron chi connectivity index (χ4n) is 3.93. The van der Waals surface area contributed by atoms with Crippen molar-refractivity contribution < 1.29 is 14.3 Å². The van der Waals surface area contributed by atoms with Gasteiger partial charge in [-0.25, -0.2) is 0 Å². The minimum Gasteiger partial charge on any atom is -0.480 e. The predicted octanol–water partition coefficient (Wildman–Crippen LogP) is 1.44. The summed E-state index contributed by atoms with van der Waals surface area (Å²) >= 11 is 0. The number of amides is 2. The molecular weight excluding hydrogens is 356 g/mol. The largest absolute Gasteiger partial charge is 0.480 e. The highest BCUT2D eigenvalue weighted by atomic mass is 16.5. The van der Waals surface area contributed by atoms with Crippen molar-refractivity contribution in [2.45, 2.75) is 57.3 Å². The van der Waals surface area contributed by atoms with E-state index in [1.165, 1.54) is 0 Å². The molecule has 0 saturated heterocycles. The van der Waals surface area contributed by atoms with Gasteiger partial charge in [0.25, 0.3) is 5.91 Å². The molecule has 7 heteroatoms. The van der Waals surface area contributed by atoms with Gasteiger partial charge >= 0.3 is 0 Å². The molecule has 1 N–H and O–H groups in total. The Hall–Kier alpha value is -2.83. The van der Waals surface area contributed by atoms with E-state index >= 15 is 0 Å². The van der Waals surface area contributed by atoms with Crippen molar-refractivity contribution in [3.63, 3.8) is 0 Å². The maximum absolute atomic E-state index is 12.9. The Kier molecular flexibility index (Phi) is 4.30. The van der Waals surface area contributed by atoms with Crippen LogP contribution in [0.5, 0.6) is 5.75 Å². The van der Waals surface area contributed by atoms with Crippen LogP contribution < -0.4 is 10.1 Å². The number of nitrogens with zero attached hydrogens (tertiary/aromatic N) is 3. The van der Waals surface area contributed by atoms with Crippen molar-refractivity contribution in [2.24, 2.45) is 0 Å². The lowest BCUT2D eigenvalue weighted by atomic mass is 10.1. The highest BCUT2D eigenvalue weighted by Gasteiger charge is 2.34. The average molecular weight is 380 g/mol. The first-order chi connectivity index (χ1) is 13.7. The van der Waals surface area contributed by atoms with Gasteiger partial charge in [-0.1, -0.05) is 18.2 Å². The third-order valence-electron chi connectivity index (χ3n) is 5.63. The Balaban J connectivity index is 1.19. The fourth-order valence-corrected chi connectivity index (χ4v) is 3.93. The lowest BCUT2D eigenvalue weighted by Crippen LogP contribution is -2.45. The molecule has 1 aromatic carbocycles. The number of nitrogens with one attached hydrogen (secondary N) is 1. The molecule has 1 aromatic heterocycles. The van der Waals surface area contributed by atoms with Crippen LogP contribution in [0.25, 0.3) is 0 Å². The van der Waals surface area contributed by atoms with Gasteiger partial charge in [-0.05, 0) is 30.5 Å². The van der Waals surface area contributed by atoms with Crippen molar-refractivity contribution >= 4 is 11.8 Å². The van der Waals surface area contributed by atoms with Crippen LogP contribution in [-0.4, -0.2) is 45.2 Å². The minimum absolute atomic E-state index is 0.0361. The number of hydrogen-bond acceptors (Lipinski definition) is 4. The molecule has 0 radical (unpaired) electrons. The van der Waals surface area contributed by atoms with Crippen molar-refractivity contribution in [1.82, 2.24) is 20.0 Å². The Morgan fingerprint density at radius 3 is 2.89 bits per heavy atom.